The van der Waals surface area contributed by atoms with Gasteiger partial charge < -0.3 is 10.6 Å². The Kier molecular flexibility index (Phi) is 4.86. The molecule has 0 aromatic heterocycles. The second-order valence-electron chi connectivity index (χ2n) is 4.48. The van der Waals surface area contributed by atoms with Crippen LogP contribution < -0.4 is 10.6 Å². The SMILES string of the molecule is Cc1cccc(NC(=S)Nc2cc(Cl)cc(Cl)c2)c1C. The number of hydrogen-bond donors (Lipinski definition) is 2. The molecule has 0 radical (unpaired) electrons. The molecule has 0 heterocycles. The molecule has 104 valence electrons. The molecular weight excluding hydrogens is 311 g/mol. The van der Waals surface area contributed by atoms with Crippen molar-refractivity contribution in [2.75, 3.05) is 10.6 Å². The third-order valence-electron chi connectivity index (χ3n) is 2.97. The Morgan fingerprint density at radius 3 is 2.30 bits per heavy atom. The fourth-order valence-electron chi connectivity index (χ4n) is 1.80. The van der Waals surface area contributed by atoms with Crippen LogP contribution in [0.15, 0.2) is 36.4 Å². The van der Waals surface area contributed by atoms with Crippen LogP contribution in [-0.4, -0.2) is 5.11 Å². The molecule has 0 saturated heterocycles. The summed E-state index contributed by atoms with van der Waals surface area (Å²) in [7, 11) is 0. The van der Waals surface area contributed by atoms with E-state index in [1.807, 2.05) is 12.1 Å². The molecule has 0 amide bonds. The number of rotatable bonds is 2. The average molecular weight is 325 g/mol. The van der Waals surface area contributed by atoms with Crippen LogP contribution in [0.25, 0.3) is 0 Å². The van der Waals surface area contributed by atoms with E-state index in [0.29, 0.717) is 15.2 Å². The highest BCUT2D eigenvalue weighted by molar-refractivity contribution is 7.80. The summed E-state index contributed by atoms with van der Waals surface area (Å²) in [5.74, 6) is 0. The molecule has 0 fully saturated rings. The van der Waals surface area contributed by atoms with Crippen LogP contribution in [0.4, 0.5) is 11.4 Å². The molecule has 0 saturated carbocycles. The minimum atomic E-state index is 0.497. The Bertz CT molecular complexity index is 636. The summed E-state index contributed by atoms with van der Waals surface area (Å²) in [6, 6.07) is 11.3. The van der Waals surface area contributed by atoms with Gasteiger partial charge in [-0.15, -0.1) is 0 Å². The first-order valence-corrected chi connectivity index (χ1v) is 7.22. The van der Waals surface area contributed by atoms with E-state index < -0.39 is 0 Å². The van der Waals surface area contributed by atoms with E-state index in [0.717, 1.165) is 11.4 Å². The predicted octanol–water partition coefficient (Wildman–Crippen LogP) is 5.42. The minimum Gasteiger partial charge on any atom is -0.332 e. The van der Waals surface area contributed by atoms with Gasteiger partial charge in [-0.1, -0.05) is 35.3 Å². The number of hydrogen-bond acceptors (Lipinski definition) is 1. The molecule has 0 aliphatic heterocycles. The van der Waals surface area contributed by atoms with Crippen molar-refractivity contribution >= 4 is 51.9 Å². The van der Waals surface area contributed by atoms with Gasteiger partial charge >= 0.3 is 0 Å². The molecule has 2 aromatic rings. The van der Waals surface area contributed by atoms with Crippen LogP contribution >= 0.6 is 35.4 Å². The second kappa shape index (κ2) is 6.44. The van der Waals surface area contributed by atoms with Gasteiger partial charge in [0.15, 0.2) is 5.11 Å². The zero-order valence-electron chi connectivity index (χ0n) is 11.1. The highest BCUT2D eigenvalue weighted by Crippen LogP contribution is 2.23. The van der Waals surface area contributed by atoms with E-state index in [1.54, 1.807) is 18.2 Å². The van der Waals surface area contributed by atoms with E-state index in [9.17, 15) is 0 Å². The van der Waals surface area contributed by atoms with Gasteiger partial charge in [-0.3, -0.25) is 0 Å². The molecule has 0 aliphatic rings. The molecule has 2 rings (SSSR count). The van der Waals surface area contributed by atoms with E-state index in [-0.39, 0.29) is 0 Å². The Hall–Kier alpha value is -1.29. The lowest BCUT2D eigenvalue weighted by atomic mass is 10.1. The molecule has 2 N–H and O–H groups in total. The van der Waals surface area contributed by atoms with Crippen LogP contribution in [0.5, 0.6) is 0 Å². The zero-order chi connectivity index (χ0) is 14.7. The average Bonchev–Trinajstić information content (AvgIpc) is 2.33. The zero-order valence-corrected chi connectivity index (χ0v) is 13.5. The standard InChI is InChI=1S/C15H14Cl2N2S/c1-9-4-3-5-14(10(9)2)19-15(20)18-13-7-11(16)6-12(17)8-13/h3-8H,1-2H3,(H2,18,19,20). The molecule has 0 unspecified atom stereocenters. The normalized spacial score (nSPS) is 10.2. The summed E-state index contributed by atoms with van der Waals surface area (Å²) in [4.78, 5) is 0. The van der Waals surface area contributed by atoms with Crippen molar-refractivity contribution in [1.82, 2.24) is 0 Å². The monoisotopic (exact) mass is 324 g/mol. The Morgan fingerprint density at radius 1 is 1.00 bits per heavy atom. The van der Waals surface area contributed by atoms with Gasteiger partial charge in [-0.25, -0.2) is 0 Å². The molecule has 2 nitrogen and oxygen atoms in total. The largest absolute Gasteiger partial charge is 0.332 e. The van der Waals surface area contributed by atoms with Crippen molar-refractivity contribution in [3.05, 3.63) is 57.6 Å². The van der Waals surface area contributed by atoms with Gasteiger partial charge in [0.05, 0.1) is 0 Å². The molecule has 0 aliphatic carbocycles. The Balaban J connectivity index is 2.11. The van der Waals surface area contributed by atoms with Gasteiger partial charge in [-0.05, 0) is 61.5 Å². The van der Waals surface area contributed by atoms with Crippen molar-refractivity contribution < 1.29 is 0 Å². The number of thiocarbonyl (C=S) groups is 1. The molecule has 0 atom stereocenters. The number of aryl methyl sites for hydroxylation is 1. The first kappa shape index (κ1) is 15.1. The lowest BCUT2D eigenvalue weighted by Crippen LogP contribution is -2.19. The lowest BCUT2D eigenvalue weighted by Gasteiger charge is -2.14. The summed E-state index contributed by atoms with van der Waals surface area (Å²) >= 11 is 17.2. The first-order valence-electron chi connectivity index (χ1n) is 6.06. The fraction of sp³-hybridized carbons (Fsp3) is 0.133. The number of nitrogens with one attached hydrogen (secondary N) is 2. The number of halogens is 2. The third kappa shape index (κ3) is 3.85. The van der Waals surface area contributed by atoms with Crippen LogP contribution in [0, 0.1) is 13.8 Å². The smallest absolute Gasteiger partial charge is 0.175 e. The van der Waals surface area contributed by atoms with Gasteiger partial charge in [0.1, 0.15) is 0 Å². The second-order valence-corrected chi connectivity index (χ2v) is 5.77. The van der Waals surface area contributed by atoms with Crippen molar-refractivity contribution in [2.45, 2.75) is 13.8 Å². The fourth-order valence-corrected chi connectivity index (χ4v) is 2.55. The maximum atomic E-state index is 5.95. The first-order chi connectivity index (χ1) is 9.45. The summed E-state index contributed by atoms with van der Waals surface area (Å²) in [6.45, 7) is 4.12. The Labute approximate surface area is 134 Å². The van der Waals surface area contributed by atoms with Crippen LogP contribution in [0.1, 0.15) is 11.1 Å². The van der Waals surface area contributed by atoms with E-state index >= 15 is 0 Å². The number of benzene rings is 2. The van der Waals surface area contributed by atoms with Crippen LogP contribution in [0.2, 0.25) is 10.0 Å². The number of anilines is 2. The topological polar surface area (TPSA) is 24.1 Å². The molecule has 0 spiro atoms. The van der Waals surface area contributed by atoms with Crippen LogP contribution in [0.3, 0.4) is 0 Å². The van der Waals surface area contributed by atoms with Crippen molar-refractivity contribution in [2.24, 2.45) is 0 Å². The maximum absolute atomic E-state index is 5.95. The summed E-state index contributed by atoms with van der Waals surface area (Å²) in [5.41, 5.74) is 4.12. The van der Waals surface area contributed by atoms with Crippen molar-refractivity contribution in [3.8, 4) is 0 Å². The van der Waals surface area contributed by atoms with Gasteiger partial charge in [0, 0.05) is 21.4 Å². The van der Waals surface area contributed by atoms with Gasteiger partial charge in [0.25, 0.3) is 0 Å². The van der Waals surface area contributed by atoms with Gasteiger partial charge in [0.2, 0.25) is 0 Å². The lowest BCUT2D eigenvalue weighted by molar-refractivity contribution is 1.34. The highest BCUT2D eigenvalue weighted by Gasteiger charge is 2.04. The highest BCUT2D eigenvalue weighted by atomic mass is 35.5. The molecule has 0 bridgehead atoms. The molecular formula is C15H14Cl2N2S. The quantitative estimate of drug-likeness (QED) is 0.721. The Morgan fingerprint density at radius 2 is 1.65 bits per heavy atom. The van der Waals surface area contributed by atoms with Crippen molar-refractivity contribution in [1.29, 1.82) is 0 Å². The van der Waals surface area contributed by atoms with Crippen LogP contribution in [-0.2, 0) is 0 Å². The van der Waals surface area contributed by atoms with E-state index in [1.165, 1.54) is 11.1 Å². The summed E-state index contributed by atoms with van der Waals surface area (Å²) in [5, 5.41) is 7.87. The van der Waals surface area contributed by atoms with E-state index in [2.05, 4.69) is 30.5 Å². The molecule has 20 heavy (non-hydrogen) atoms. The third-order valence-corrected chi connectivity index (χ3v) is 3.61. The van der Waals surface area contributed by atoms with Gasteiger partial charge in [-0.2, -0.15) is 0 Å². The molecule has 2 aromatic carbocycles. The molecule has 5 heteroatoms. The maximum Gasteiger partial charge on any atom is 0.175 e. The minimum absolute atomic E-state index is 0.497. The van der Waals surface area contributed by atoms with Crippen molar-refractivity contribution in [3.63, 3.8) is 0 Å². The summed E-state index contributed by atoms with van der Waals surface area (Å²) < 4.78 is 0. The van der Waals surface area contributed by atoms with E-state index in [4.69, 9.17) is 35.4 Å². The predicted molar refractivity (Wildman–Crippen MR) is 92.2 cm³/mol. The summed E-state index contributed by atoms with van der Waals surface area (Å²) in [6.07, 6.45) is 0.